The molecule has 7 heteroatoms. The van der Waals surface area contributed by atoms with Gasteiger partial charge in [-0.2, -0.15) is 0 Å². The number of hydrogen-bond donors (Lipinski definition) is 1. The van der Waals surface area contributed by atoms with Gasteiger partial charge in [0.25, 0.3) is 0 Å². The van der Waals surface area contributed by atoms with Gasteiger partial charge >= 0.3 is 0 Å². The highest BCUT2D eigenvalue weighted by atomic mass is 19.1. The molecular weight excluding hydrogens is 463 g/mol. The summed E-state index contributed by atoms with van der Waals surface area (Å²) in [5.74, 6) is 2.51. The zero-order chi connectivity index (χ0) is 25.8. The number of nitrogens with two attached hydrogens (primary N) is 1. The van der Waals surface area contributed by atoms with Crippen LogP contribution in [0.25, 0.3) is 11.3 Å². The van der Waals surface area contributed by atoms with E-state index >= 15 is 0 Å². The molecule has 5 rings (SSSR count). The fourth-order valence-electron chi connectivity index (χ4n) is 6.15. The third-order valence-corrected chi connectivity index (χ3v) is 8.55. The molecule has 2 saturated heterocycles. The third kappa shape index (κ3) is 5.82. The Morgan fingerprint density at radius 2 is 1.76 bits per heavy atom. The normalized spacial score (nSPS) is 20.7. The molecule has 2 aliphatic heterocycles. The average molecular weight is 505 g/mol. The van der Waals surface area contributed by atoms with E-state index in [1.54, 1.807) is 6.20 Å². The molecule has 37 heavy (non-hydrogen) atoms. The van der Waals surface area contributed by atoms with Crippen LogP contribution >= 0.6 is 0 Å². The summed E-state index contributed by atoms with van der Waals surface area (Å²) >= 11 is 0. The van der Waals surface area contributed by atoms with Crippen molar-refractivity contribution < 1.29 is 4.39 Å². The van der Waals surface area contributed by atoms with Crippen molar-refractivity contribution in [1.29, 1.82) is 0 Å². The van der Waals surface area contributed by atoms with Crippen LogP contribution in [0.1, 0.15) is 63.6 Å². The van der Waals surface area contributed by atoms with Crippen molar-refractivity contribution >= 4 is 5.84 Å². The van der Waals surface area contributed by atoms with Crippen molar-refractivity contribution in [2.45, 2.75) is 64.3 Å². The lowest BCUT2D eigenvalue weighted by atomic mass is 9.78. The molecule has 3 fully saturated rings. The van der Waals surface area contributed by atoms with E-state index in [1.807, 2.05) is 12.1 Å². The van der Waals surface area contributed by atoms with E-state index in [0.717, 1.165) is 50.3 Å². The second kappa shape index (κ2) is 11.6. The van der Waals surface area contributed by atoms with Crippen molar-refractivity contribution in [2.75, 3.05) is 32.7 Å². The molecule has 0 spiro atoms. The Bertz CT molecular complexity index is 1130. The summed E-state index contributed by atoms with van der Waals surface area (Å²) in [5.41, 5.74) is 10.8. The maximum absolute atomic E-state index is 13.5. The highest BCUT2D eigenvalue weighted by Crippen LogP contribution is 2.37. The quantitative estimate of drug-likeness (QED) is 0.360. The fraction of sp³-hybridized carbons (Fsp3) is 0.533. The summed E-state index contributed by atoms with van der Waals surface area (Å²) in [5, 5.41) is 0. The number of imidazole rings is 1. The van der Waals surface area contributed by atoms with Crippen LogP contribution in [0.2, 0.25) is 0 Å². The number of aromatic nitrogens is 2. The second-order valence-corrected chi connectivity index (χ2v) is 10.8. The number of rotatable bonds is 9. The Morgan fingerprint density at radius 3 is 2.38 bits per heavy atom. The molecule has 0 atom stereocenters. The van der Waals surface area contributed by atoms with Crippen LogP contribution in [-0.4, -0.2) is 57.9 Å². The second-order valence-electron chi connectivity index (χ2n) is 10.8. The number of likely N-dealkylation sites (tertiary alicyclic amines) is 2. The van der Waals surface area contributed by atoms with Crippen molar-refractivity contribution in [3.8, 4) is 11.3 Å². The number of halogens is 1. The molecule has 0 radical (unpaired) electrons. The van der Waals surface area contributed by atoms with Crippen LogP contribution in [0.5, 0.6) is 0 Å². The zero-order valence-corrected chi connectivity index (χ0v) is 22.2. The number of piperidine rings is 1. The molecule has 0 amide bonds. The summed E-state index contributed by atoms with van der Waals surface area (Å²) in [6.45, 7) is 12.3. The predicted octanol–water partition coefficient (Wildman–Crippen LogP) is 5.54. The maximum atomic E-state index is 13.5. The van der Waals surface area contributed by atoms with Crippen LogP contribution in [0.15, 0.2) is 59.5 Å². The van der Waals surface area contributed by atoms with Crippen molar-refractivity contribution in [3.05, 3.63) is 66.2 Å². The maximum Gasteiger partial charge on any atom is 0.128 e. The van der Waals surface area contributed by atoms with E-state index in [-0.39, 0.29) is 5.82 Å². The van der Waals surface area contributed by atoms with Crippen LogP contribution in [0.3, 0.4) is 0 Å². The SMILES string of the molecule is C=CN=C(N)/C(=C(\C)N1CCC(c2nc(-c3ccc(F)cc3)cn2CCN2CCCC2)CC1)C1CCC1. The topological polar surface area (TPSA) is 62.7 Å². The molecule has 3 heterocycles. The van der Waals surface area contributed by atoms with Gasteiger partial charge in [0.15, 0.2) is 0 Å². The highest BCUT2D eigenvalue weighted by Gasteiger charge is 2.30. The Kier molecular flexibility index (Phi) is 8.08. The standard InChI is InChI=1S/C30H41FN6/c1-3-33-29(32)28(24-7-6-8-24)22(2)36-17-13-25(14-18-36)30-34-27(23-9-11-26(31)12-10-23)21-37(30)20-19-35-15-4-5-16-35/h3,9-12,21,24-25H,1,4-8,13-20H2,2H3,(H2,32,33)/b28-22+. The third-order valence-electron chi connectivity index (χ3n) is 8.55. The van der Waals surface area contributed by atoms with E-state index in [0.29, 0.717) is 17.7 Å². The van der Waals surface area contributed by atoms with Gasteiger partial charge in [-0.1, -0.05) is 13.0 Å². The molecule has 1 aliphatic carbocycles. The first-order valence-corrected chi connectivity index (χ1v) is 14.0. The van der Waals surface area contributed by atoms with Crippen molar-refractivity contribution in [2.24, 2.45) is 16.6 Å². The molecule has 1 aromatic heterocycles. The lowest BCUT2D eigenvalue weighted by Gasteiger charge is -2.38. The summed E-state index contributed by atoms with van der Waals surface area (Å²) in [6.07, 6.45) is 12.1. The average Bonchev–Trinajstić information content (AvgIpc) is 3.55. The van der Waals surface area contributed by atoms with E-state index in [9.17, 15) is 4.39 Å². The fourth-order valence-corrected chi connectivity index (χ4v) is 6.15. The van der Waals surface area contributed by atoms with Crippen LogP contribution < -0.4 is 5.73 Å². The van der Waals surface area contributed by atoms with Gasteiger partial charge in [0, 0.05) is 61.3 Å². The van der Waals surface area contributed by atoms with Crippen LogP contribution in [-0.2, 0) is 6.54 Å². The number of nitrogens with zero attached hydrogens (tertiary/aromatic N) is 5. The first-order chi connectivity index (χ1) is 18.0. The van der Waals surface area contributed by atoms with Gasteiger partial charge in [0.2, 0.25) is 0 Å². The number of amidine groups is 1. The van der Waals surface area contributed by atoms with Gasteiger partial charge in [0.1, 0.15) is 17.5 Å². The Hall–Kier alpha value is -2.93. The van der Waals surface area contributed by atoms with E-state index in [4.69, 9.17) is 10.7 Å². The molecule has 6 nitrogen and oxygen atoms in total. The molecule has 2 aromatic rings. The lowest BCUT2D eigenvalue weighted by molar-refractivity contribution is 0.247. The minimum Gasteiger partial charge on any atom is -0.383 e. The summed E-state index contributed by atoms with van der Waals surface area (Å²) < 4.78 is 15.9. The Morgan fingerprint density at radius 1 is 1.05 bits per heavy atom. The molecule has 1 aromatic carbocycles. The number of allylic oxidation sites excluding steroid dienone is 1. The van der Waals surface area contributed by atoms with Crippen molar-refractivity contribution in [1.82, 2.24) is 19.4 Å². The number of hydrogen-bond acceptors (Lipinski definition) is 4. The van der Waals surface area contributed by atoms with Crippen LogP contribution in [0.4, 0.5) is 4.39 Å². The van der Waals surface area contributed by atoms with E-state index < -0.39 is 0 Å². The summed E-state index contributed by atoms with van der Waals surface area (Å²) in [6, 6.07) is 6.71. The van der Waals surface area contributed by atoms with Gasteiger partial charge in [-0.25, -0.2) is 14.4 Å². The van der Waals surface area contributed by atoms with Gasteiger partial charge in [0.05, 0.1) is 5.69 Å². The zero-order valence-electron chi connectivity index (χ0n) is 22.2. The molecule has 0 unspecified atom stereocenters. The number of benzene rings is 1. The van der Waals surface area contributed by atoms with Gasteiger partial charge in [-0.3, -0.25) is 0 Å². The molecular formula is C30H41FN6. The first-order valence-electron chi connectivity index (χ1n) is 14.0. The monoisotopic (exact) mass is 504 g/mol. The molecule has 198 valence electrons. The predicted molar refractivity (Wildman–Crippen MR) is 149 cm³/mol. The Labute approximate surface area is 220 Å². The van der Waals surface area contributed by atoms with Gasteiger partial charge in [-0.15, -0.1) is 0 Å². The smallest absolute Gasteiger partial charge is 0.128 e. The van der Waals surface area contributed by atoms with Gasteiger partial charge in [-0.05, 0) is 88.7 Å². The minimum atomic E-state index is -0.215. The van der Waals surface area contributed by atoms with Crippen LogP contribution in [0, 0.1) is 11.7 Å². The molecule has 0 bridgehead atoms. The Balaban J connectivity index is 1.34. The summed E-state index contributed by atoms with van der Waals surface area (Å²) in [7, 11) is 0. The molecule has 1 saturated carbocycles. The first kappa shape index (κ1) is 25.7. The largest absolute Gasteiger partial charge is 0.383 e. The summed E-state index contributed by atoms with van der Waals surface area (Å²) in [4.78, 5) is 14.5. The highest BCUT2D eigenvalue weighted by molar-refractivity contribution is 5.98. The number of aliphatic imine (C=N–C) groups is 1. The van der Waals surface area contributed by atoms with Gasteiger partial charge < -0.3 is 20.1 Å². The molecule has 2 N–H and O–H groups in total. The van der Waals surface area contributed by atoms with E-state index in [1.165, 1.54) is 74.4 Å². The minimum absolute atomic E-state index is 0.215. The lowest BCUT2D eigenvalue weighted by Crippen LogP contribution is -2.36. The van der Waals surface area contributed by atoms with Crippen molar-refractivity contribution in [3.63, 3.8) is 0 Å². The molecule has 3 aliphatic rings. The van der Waals surface area contributed by atoms with E-state index in [2.05, 4.69) is 39.1 Å².